The molecule has 1 aliphatic heterocycles. The molecular weight excluding hydrogens is 528 g/mol. The predicted octanol–water partition coefficient (Wildman–Crippen LogP) is 5.16. The van der Waals surface area contributed by atoms with Crippen molar-refractivity contribution in [3.05, 3.63) is 59.8 Å². The Hall–Kier alpha value is -2.71. The van der Waals surface area contributed by atoms with Crippen LogP contribution < -0.4 is 0 Å². The summed E-state index contributed by atoms with van der Waals surface area (Å²) in [4.78, 5) is 4.58. The zero-order valence-corrected chi connectivity index (χ0v) is 25.6. The van der Waals surface area contributed by atoms with Crippen molar-refractivity contribution in [3.63, 3.8) is 0 Å². The maximum absolute atomic E-state index is 11.7. The Bertz CT molecular complexity index is 1500. The van der Waals surface area contributed by atoms with Crippen LogP contribution in [0.3, 0.4) is 0 Å². The van der Waals surface area contributed by atoms with Gasteiger partial charge in [-0.15, -0.1) is 0 Å². The Morgan fingerprint density at radius 2 is 1.85 bits per heavy atom. The minimum atomic E-state index is -3.10. The lowest BCUT2D eigenvalue weighted by molar-refractivity contribution is 0.189. The molecule has 0 radical (unpaired) electrons. The fraction of sp³-hybridized carbons (Fsp3) is 0.517. The summed E-state index contributed by atoms with van der Waals surface area (Å²) in [5.74, 6) is 9.23. The minimum absolute atomic E-state index is 0.116. The molecule has 208 valence electrons. The molecule has 0 N–H and O–H groups in total. The van der Waals surface area contributed by atoms with Gasteiger partial charge in [0, 0.05) is 48.6 Å². The molecule has 0 spiro atoms. The number of nitrogens with zero attached hydrogens (tertiary/aromatic N) is 4. The van der Waals surface area contributed by atoms with Gasteiger partial charge in [0.15, 0.2) is 14.1 Å². The van der Waals surface area contributed by atoms with E-state index in [1.165, 1.54) is 6.26 Å². The van der Waals surface area contributed by atoms with Crippen molar-refractivity contribution in [1.29, 1.82) is 0 Å². The van der Waals surface area contributed by atoms with E-state index in [1.807, 2.05) is 36.5 Å². The lowest BCUT2D eigenvalue weighted by Crippen LogP contribution is -2.41. The summed E-state index contributed by atoms with van der Waals surface area (Å²) in [7, 11) is -5.02. The standard InChI is InChI=1S/C29H38N4O4SSi/c1-20(37-39(6,7)29(2,3)4)28-30-14-15-32(28)17-23-16-27(36-31-23)22-11-8-21(9-12-22)10-13-24-25-18-33(19-26(24)25)38(5,34)35/h8-9,11-12,14-16,20,24-26H,17-19H2,1-7H3/t20-,24-,25+,26-/m0/s1. The maximum Gasteiger partial charge on any atom is 0.211 e. The van der Waals surface area contributed by atoms with Gasteiger partial charge in [0.05, 0.1) is 12.8 Å². The number of rotatable bonds is 7. The van der Waals surface area contributed by atoms with E-state index in [1.54, 1.807) is 10.5 Å². The van der Waals surface area contributed by atoms with Gasteiger partial charge in [-0.3, -0.25) is 0 Å². The van der Waals surface area contributed by atoms with E-state index in [4.69, 9.17) is 8.95 Å². The maximum atomic E-state index is 11.7. The van der Waals surface area contributed by atoms with Crippen molar-refractivity contribution in [2.75, 3.05) is 19.3 Å². The lowest BCUT2D eigenvalue weighted by Gasteiger charge is -2.38. The summed E-state index contributed by atoms with van der Waals surface area (Å²) in [6, 6.07) is 9.91. The summed E-state index contributed by atoms with van der Waals surface area (Å²) in [5.41, 5.74) is 2.69. The third kappa shape index (κ3) is 5.92. The summed E-state index contributed by atoms with van der Waals surface area (Å²) in [5, 5.41) is 4.42. The van der Waals surface area contributed by atoms with Crippen molar-refractivity contribution < 1.29 is 17.4 Å². The molecule has 0 unspecified atom stereocenters. The zero-order chi connectivity index (χ0) is 28.2. The lowest BCUT2D eigenvalue weighted by atomic mass is 10.1. The van der Waals surface area contributed by atoms with Crippen molar-refractivity contribution in [3.8, 4) is 23.2 Å². The molecule has 2 fully saturated rings. The van der Waals surface area contributed by atoms with Crippen LogP contribution in [0.2, 0.25) is 18.1 Å². The average Bonchev–Trinajstić information content (AvgIpc) is 3.33. The fourth-order valence-electron chi connectivity index (χ4n) is 5.04. The molecule has 3 heterocycles. The highest BCUT2D eigenvalue weighted by Gasteiger charge is 2.56. The first kappa shape index (κ1) is 27.8. The van der Waals surface area contributed by atoms with E-state index in [9.17, 15) is 8.42 Å². The van der Waals surface area contributed by atoms with Crippen molar-refractivity contribution in [2.24, 2.45) is 17.8 Å². The van der Waals surface area contributed by atoms with Gasteiger partial charge in [0.1, 0.15) is 17.6 Å². The molecule has 0 amide bonds. The first-order chi connectivity index (χ1) is 18.2. The van der Waals surface area contributed by atoms with Gasteiger partial charge in [-0.05, 0) is 61.2 Å². The van der Waals surface area contributed by atoms with E-state index in [0.717, 1.165) is 22.6 Å². The van der Waals surface area contributed by atoms with Gasteiger partial charge < -0.3 is 13.5 Å². The molecule has 10 heteroatoms. The second-order valence-electron chi connectivity index (χ2n) is 12.4. The van der Waals surface area contributed by atoms with Gasteiger partial charge in [0.25, 0.3) is 0 Å². The van der Waals surface area contributed by atoms with Crippen LogP contribution in [0.25, 0.3) is 11.3 Å². The van der Waals surface area contributed by atoms with E-state index >= 15 is 0 Å². The van der Waals surface area contributed by atoms with E-state index in [0.29, 0.717) is 43.1 Å². The number of fused-ring (bicyclic) bond motifs is 1. The zero-order valence-electron chi connectivity index (χ0n) is 23.8. The molecule has 4 atom stereocenters. The molecule has 8 nitrogen and oxygen atoms in total. The van der Waals surface area contributed by atoms with Crippen LogP contribution in [0.5, 0.6) is 0 Å². The van der Waals surface area contributed by atoms with Crippen LogP contribution in [0.1, 0.15) is 50.9 Å². The normalized spacial score (nSPS) is 22.3. The highest BCUT2D eigenvalue weighted by atomic mass is 32.2. The Morgan fingerprint density at radius 1 is 1.18 bits per heavy atom. The Morgan fingerprint density at radius 3 is 2.46 bits per heavy atom. The molecule has 5 rings (SSSR count). The van der Waals surface area contributed by atoms with Crippen molar-refractivity contribution in [2.45, 2.75) is 58.5 Å². The topological polar surface area (TPSA) is 90.5 Å². The van der Waals surface area contributed by atoms with E-state index in [2.05, 4.69) is 67.3 Å². The van der Waals surface area contributed by atoms with E-state index in [-0.39, 0.29) is 11.1 Å². The molecular formula is C29H38N4O4SSi. The quantitative estimate of drug-likeness (QED) is 0.290. The summed E-state index contributed by atoms with van der Waals surface area (Å²) in [6.45, 7) is 15.0. The first-order valence-electron chi connectivity index (χ1n) is 13.4. The number of hydrogen-bond donors (Lipinski definition) is 0. The summed E-state index contributed by atoms with van der Waals surface area (Å²) in [6.07, 6.45) is 4.92. The van der Waals surface area contributed by atoms with Gasteiger partial charge in [-0.1, -0.05) is 37.8 Å². The van der Waals surface area contributed by atoms with Crippen LogP contribution in [0.15, 0.2) is 47.2 Å². The van der Waals surface area contributed by atoms with Crippen LogP contribution >= 0.6 is 0 Å². The second kappa shape index (κ2) is 10.0. The highest BCUT2D eigenvalue weighted by Crippen LogP contribution is 2.51. The fourth-order valence-corrected chi connectivity index (χ4v) is 7.27. The Labute approximate surface area is 232 Å². The summed E-state index contributed by atoms with van der Waals surface area (Å²) >= 11 is 0. The first-order valence-corrected chi connectivity index (χ1v) is 18.2. The minimum Gasteiger partial charge on any atom is -0.407 e. The van der Waals surface area contributed by atoms with Crippen LogP contribution in [0, 0.1) is 29.6 Å². The molecule has 1 saturated heterocycles. The molecule has 2 aliphatic rings. The monoisotopic (exact) mass is 566 g/mol. The number of hydrogen-bond acceptors (Lipinski definition) is 6. The molecule has 1 aromatic carbocycles. The SMILES string of the molecule is C[C@H](O[Si](C)(C)C(C)(C)C)c1nccn1Cc1cc(-c2ccc(C#C[C@H]3[C@H]4CN(S(C)(=O)=O)C[C@@H]34)cc2)on1. The Kier molecular flexibility index (Phi) is 7.16. The smallest absolute Gasteiger partial charge is 0.211 e. The predicted molar refractivity (Wildman–Crippen MR) is 154 cm³/mol. The number of aromatic nitrogens is 3. The van der Waals surface area contributed by atoms with Crippen molar-refractivity contribution in [1.82, 2.24) is 19.0 Å². The molecule has 39 heavy (non-hydrogen) atoms. The summed E-state index contributed by atoms with van der Waals surface area (Å²) < 4.78 is 39.3. The van der Waals surface area contributed by atoms with Gasteiger partial charge in [-0.2, -0.15) is 0 Å². The molecule has 3 aromatic rings. The number of benzene rings is 1. The highest BCUT2D eigenvalue weighted by molar-refractivity contribution is 7.88. The largest absolute Gasteiger partial charge is 0.407 e. The van der Waals surface area contributed by atoms with Gasteiger partial charge in [0.2, 0.25) is 10.0 Å². The van der Waals surface area contributed by atoms with Gasteiger partial charge in [-0.25, -0.2) is 17.7 Å². The third-order valence-corrected chi connectivity index (χ3v) is 14.3. The van der Waals surface area contributed by atoms with Crippen LogP contribution in [-0.2, 0) is 21.0 Å². The molecule has 2 aromatic heterocycles. The van der Waals surface area contributed by atoms with Crippen LogP contribution in [-0.4, -0.2) is 55.1 Å². The molecule has 1 saturated carbocycles. The number of piperidine rings is 1. The van der Waals surface area contributed by atoms with Gasteiger partial charge >= 0.3 is 0 Å². The molecule has 0 bridgehead atoms. The number of imidazole rings is 1. The Balaban J connectivity index is 1.20. The van der Waals surface area contributed by atoms with E-state index < -0.39 is 18.3 Å². The number of sulfonamides is 1. The van der Waals surface area contributed by atoms with Crippen molar-refractivity contribution >= 4 is 18.3 Å². The van der Waals surface area contributed by atoms with Crippen LogP contribution in [0.4, 0.5) is 0 Å². The second-order valence-corrected chi connectivity index (χ2v) is 19.1. The molecule has 1 aliphatic carbocycles. The third-order valence-electron chi connectivity index (χ3n) is 8.46. The average molecular weight is 567 g/mol.